The Morgan fingerprint density at radius 1 is 1.44 bits per heavy atom. The van der Waals surface area contributed by atoms with E-state index in [2.05, 4.69) is 10.6 Å². The first-order chi connectivity index (χ1) is 7.46. The molecule has 3 atom stereocenters. The van der Waals surface area contributed by atoms with E-state index in [0.29, 0.717) is 19.4 Å². The van der Waals surface area contributed by atoms with Gasteiger partial charge in [0.1, 0.15) is 0 Å². The lowest BCUT2D eigenvalue weighted by Gasteiger charge is -2.15. The lowest BCUT2D eigenvalue weighted by molar-refractivity contribution is 0.0891. The van der Waals surface area contributed by atoms with E-state index in [0.717, 1.165) is 0 Å². The fourth-order valence-electron chi connectivity index (χ4n) is 2.11. The molecule has 0 aromatic heterocycles. The van der Waals surface area contributed by atoms with Crippen molar-refractivity contribution >= 4 is 16.1 Å². The van der Waals surface area contributed by atoms with Crippen molar-refractivity contribution in [1.82, 2.24) is 10.6 Å². The molecule has 2 rings (SSSR count). The first-order valence-corrected chi connectivity index (χ1v) is 6.70. The highest BCUT2D eigenvalue weighted by Gasteiger charge is 2.43. The van der Waals surface area contributed by atoms with Gasteiger partial charge in [-0.2, -0.15) is 8.42 Å². The fraction of sp³-hybridized carbons (Fsp3) is 0.875. The second kappa shape index (κ2) is 4.19. The summed E-state index contributed by atoms with van der Waals surface area (Å²) in [5.41, 5.74) is 0. The first kappa shape index (κ1) is 11.6. The quantitative estimate of drug-likeness (QED) is 0.561. The average Bonchev–Trinajstić information content (AvgIpc) is 2.64. The molecule has 0 bridgehead atoms. The van der Waals surface area contributed by atoms with Crippen molar-refractivity contribution in [3.63, 3.8) is 0 Å². The number of amides is 2. The Balaban J connectivity index is 1.81. The Labute approximate surface area is 93.3 Å². The van der Waals surface area contributed by atoms with E-state index in [4.69, 9.17) is 9.29 Å². The summed E-state index contributed by atoms with van der Waals surface area (Å²) < 4.78 is 35.0. The van der Waals surface area contributed by atoms with Crippen LogP contribution in [0.15, 0.2) is 0 Å². The zero-order valence-electron chi connectivity index (χ0n) is 8.55. The van der Waals surface area contributed by atoms with Crippen molar-refractivity contribution in [2.75, 3.05) is 12.4 Å². The minimum absolute atomic E-state index is 0.0248. The van der Waals surface area contributed by atoms with E-state index in [9.17, 15) is 13.2 Å². The molecule has 0 radical (unpaired) electrons. The summed E-state index contributed by atoms with van der Waals surface area (Å²) in [5, 5.41) is 5.44. The number of ether oxygens (including phenoxy) is 1. The van der Waals surface area contributed by atoms with Crippen LogP contribution in [0.1, 0.15) is 12.8 Å². The van der Waals surface area contributed by atoms with E-state index in [1.165, 1.54) is 0 Å². The van der Waals surface area contributed by atoms with Gasteiger partial charge < -0.3 is 15.4 Å². The second-order valence-electron chi connectivity index (χ2n) is 4.05. The topological polar surface area (TPSA) is 105 Å². The van der Waals surface area contributed by atoms with Crippen LogP contribution in [0.25, 0.3) is 0 Å². The normalized spacial score (nSPS) is 33.3. The van der Waals surface area contributed by atoms with Crippen LogP contribution in [0.5, 0.6) is 0 Å². The Morgan fingerprint density at radius 3 is 2.88 bits per heavy atom. The predicted molar refractivity (Wildman–Crippen MR) is 54.6 cm³/mol. The van der Waals surface area contributed by atoms with E-state index >= 15 is 0 Å². The Kier molecular flexibility index (Phi) is 3.04. The molecule has 2 amide bonds. The molecule has 7 nitrogen and oxygen atoms in total. The molecule has 0 aromatic rings. The van der Waals surface area contributed by atoms with Crippen LogP contribution in [0.4, 0.5) is 4.79 Å². The molecule has 2 fully saturated rings. The number of carbonyl (C=O) groups excluding carboxylic acids is 1. The van der Waals surface area contributed by atoms with Gasteiger partial charge in [0.15, 0.2) is 0 Å². The van der Waals surface area contributed by atoms with Crippen LogP contribution < -0.4 is 10.6 Å². The molecule has 2 aliphatic rings. The van der Waals surface area contributed by atoms with Crippen LogP contribution >= 0.6 is 0 Å². The minimum atomic E-state index is -3.91. The van der Waals surface area contributed by atoms with Crippen LogP contribution in [0.2, 0.25) is 0 Å². The summed E-state index contributed by atoms with van der Waals surface area (Å²) in [6.07, 6.45) is 0.650. The molecule has 92 valence electrons. The SMILES string of the molecule is O=C1NC2COC(CCCS(=O)(=O)O)C2N1. The van der Waals surface area contributed by atoms with Gasteiger partial charge >= 0.3 is 6.03 Å². The minimum Gasteiger partial charge on any atom is -0.374 e. The Morgan fingerprint density at radius 2 is 2.19 bits per heavy atom. The number of carbonyl (C=O) groups is 1. The monoisotopic (exact) mass is 250 g/mol. The van der Waals surface area contributed by atoms with Gasteiger partial charge in [-0.25, -0.2) is 4.79 Å². The lowest BCUT2D eigenvalue weighted by Crippen LogP contribution is -2.37. The van der Waals surface area contributed by atoms with Gasteiger partial charge in [0, 0.05) is 0 Å². The van der Waals surface area contributed by atoms with Gasteiger partial charge in [0.2, 0.25) is 0 Å². The van der Waals surface area contributed by atoms with E-state index < -0.39 is 10.1 Å². The van der Waals surface area contributed by atoms with Gasteiger partial charge in [0.05, 0.1) is 30.5 Å². The highest BCUT2D eigenvalue weighted by atomic mass is 32.2. The average molecular weight is 250 g/mol. The van der Waals surface area contributed by atoms with Crippen LogP contribution in [-0.2, 0) is 14.9 Å². The van der Waals surface area contributed by atoms with Gasteiger partial charge in [-0.1, -0.05) is 0 Å². The molecule has 0 spiro atoms. The summed E-state index contributed by atoms with van der Waals surface area (Å²) in [6, 6.07) is -0.324. The van der Waals surface area contributed by atoms with Crippen molar-refractivity contribution in [3.8, 4) is 0 Å². The first-order valence-electron chi connectivity index (χ1n) is 5.09. The highest BCUT2D eigenvalue weighted by Crippen LogP contribution is 2.21. The smallest absolute Gasteiger partial charge is 0.315 e. The van der Waals surface area contributed by atoms with Gasteiger partial charge in [-0.05, 0) is 12.8 Å². The molecule has 16 heavy (non-hydrogen) atoms. The maximum absolute atomic E-state index is 11.0. The third-order valence-corrected chi connectivity index (χ3v) is 3.63. The standard InChI is InChI=1S/C8H14N2O5S/c11-8-9-5-4-15-6(7(5)10-8)2-1-3-16(12,13)14/h5-7H,1-4H2,(H2,9,10,11)(H,12,13,14). The summed E-state index contributed by atoms with van der Waals surface area (Å²) in [5.74, 6) is -0.272. The summed E-state index contributed by atoms with van der Waals surface area (Å²) in [4.78, 5) is 11.0. The zero-order valence-corrected chi connectivity index (χ0v) is 9.37. The maximum Gasteiger partial charge on any atom is 0.315 e. The molecule has 3 unspecified atom stereocenters. The Hall–Kier alpha value is -0.860. The molecule has 2 aliphatic heterocycles. The lowest BCUT2D eigenvalue weighted by atomic mass is 10.0. The third kappa shape index (κ3) is 2.63. The summed E-state index contributed by atoms with van der Waals surface area (Å²) in [6.45, 7) is 0.444. The van der Waals surface area contributed by atoms with Gasteiger partial charge in [-0.15, -0.1) is 0 Å². The number of hydrogen-bond acceptors (Lipinski definition) is 4. The molecule has 3 N–H and O–H groups in total. The number of fused-ring (bicyclic) bond motifs is 1. The molecule has 0 aromatic carbocycles. The van der Waals surface area contributed by atoms with E-state index in [1.807, 2.05) is 0 Å². The van der Waals surface area contributed by atoms with E-state index in [1.54, 1.807) is 0 Å². The molecular weight excluding hydrogens is 236 g/mol. The van der Waals surface area contributed by atoms with Crippen molar-refractivity contribution < 1.29 is 22.5 Å². The highest BCUT2D eigenvalue weighted by molar-refractivity contribution is 7.85. The molecule has 0 aliphatic carbocycles. The van der Waals surface area contributed by atoms with Gasteiger partial charge in [0.25, 0.3) is 10.1 Å². The van der Waals surface area contributed by atoms with Crippen molar-refractivity contribution in [2.24, 2.45) is 0 Å². The molecule has 2 saturated heterocycles. The largest absolute Gasteiger partial charge is 0.374 e. The van der Waals surface area contributed by atoms with E-state index in [-0.39, 0.29) is 30.0 Å². The van der Waals surface area contributed by atoms with Crippen LogP contribution in [0.3, 0.4) is 0 Å². The number of nitrogens with one attached hydrogen (secondary N) is 2. The summed E-state index contributed by atoms with van der Waals surface area (Å²) >= 11 is 0. The molecular formula is C8H14N2O5S. The van der Waals surface area contributed by atoms with Crippen molar-refractivity contribution in [3.05, 3.63) is 0 Å². The Bertz CT molecular complexity index is 382. The molecule has 0 saturated carbocycles. The fourth-order valence-corrected chi connectivity index (χ4v) is 2.64. The maximum atomic E-state index is 11.0. The second-order valence-corrected chi connectivity index (χ2v) is 5.62. The van der Waals surface area contributed by atoms with Crippen molar-refractivity contribution in [1.29, 1.82) is 0 Å². The summed E-state index contributed by atoms with van der Waals surface area (Å²) in [7, 11) is -3.91. The number of rotatable bonds is 4. The van der Waals surface area contributed by atoms with Crippen LogP contribution in [-0.4, -0.2) is 49.5 Å². The molecule has 8 heteroatoms. The van der Waals surface area contributed by atoms with Gasteiger partial charge in [-0.3, -0.25) is 4.55 Å². The molecule has 2 heterocycles. The third-order valence-electron chi connectivity index (χ3n) is 2.83. The predicted octanol–water partition coefficient (Wildman–Crippen LogP) is -0.897. The van der Waals surface area contributed by atoms with Crippen molar-refractivity contribution in [2.45, 2.75) is 31.0 Å². The van der Waals surface area contributed by atoms with Crippen LogP contribution in [0, 0.1) is 0 Å². The number of urea groups is 1. The number of hydrogen-bond donors (Lipinski definition) is 3. The zero-order chi connectivity index (χ0) is 11.8.